The molecule has 4 nitrogen and oxygen atoms in total. The molecular weight excluding hydrogens is 406 g/mol. The first-order chi connectivity index (χ1) is 14.9. The van der Waals surface area contributed by atoms with Gasteiger partial charge in [-0.15, -0.1) is 0 Å². The molecule has 0 fully saturated rings. The second-order valence-corrected chi connectivity index (χ2v) is 8.59. The van der Waals surface area contributed by atoms with E-state index in [9.17, 15) is 0 Å². The molecule has 0 amide bonds. The van der Waals surface area contributed by atoms with Crippen LogP contribution in [0.1, 0.15) is 27.7 Å². The van der Waals surface area contributed by atoms with Gasteiger partial charge in [-0.25, -0.2) is 0 Å². The second kappa shape index (κ2) is 13.3. The molecule has 5 heteroatoms. The third-order valence-corrected chi connectivity index (χ3v) is 5.56. The van der Waals surface area contributed by atoms with Gasteiger partial charge in [0.15, 0.2) is 0 Å². The summed E-state index contributed by atoms with van der Waals surface area (Å²) in [6, 6.07) is 10.3. The maximum atomic E-state index is 5.95. The van der Waals surface area contributed by atoms with Gasteiger partial charge in [-0.3, -0.25) is 4.90 Å². The lowest BCUT2D eigenvalue weighted by Gasteiger charge is -2.20. The molecule has 1 aromatic carbocycles. The molecule has 0 bridgehead atoms. The Morgan fingerprint density at radius 2 is 2.06 bits per heavy atom. The van der Waals surface area contributed by atoms with Gasteiger partial charge in [0.25, 0.3) is 0 Å². The molecule has 1 heterocycles. The number of benzene rings is 1. The Kier molecular flexibility index (Phi) is 10.8. The van der Waals surface area contributed by atoms with Crippen molar-refractivity contribution in [2.45, 2.75) is 39.4 Å². The summed E-state index contributed by atoms with van der Waals surface area (Å²) in [6.45, 7) is 12.0. The third-order valence-electron chi connectivity index (χ3n) is 4.88. The summed E-state index contributed by atoms with van der Waals surface area (Å²) in [5.41, 5.74) is 1.99. The Bertz CT molecular complexity index is 849. The van der Waals surface area contributed by atoms with E-state index in [0.717, 1.165) is 25.4 Å². The fourth-order valence-electron chi connectivity index (χ4n) is 2.74. The highest BCUT2D eigenvalue weighted by Gasteiger charge is 2.10. The third kappa shape index (κ3) is 9.71. The predicted octanol–water partition coefficient (Wildman–Crippen LogP) is 5.51. The van der Waals surface area contributed by atoms with Gasteiger partial charge in [-0.05, 0) is 73.5 Å². The zero-order valence-corrected chi connectivity index (χ0v) is 20.2. The largest absolute Gasteiger partial charge is 0.491 e. The van der Waals surface area contributed by atoms with Gasteiger partial charge in [-0.1, -0.05) is 37.0 Å². The number of allylic oxidation sites excluding steroid dienone is 1. The smallest absolute Gasteiger partial charge is 0.123 e. The highest BCUT2D eigenvalue weighted by Crippen LogP contribution is 2.25. The van der Waals surface area contributed by atoms with Crippen molar-refractivity contribution in [1.82, 2.24) is 4.90 Å². The molecule has 1 unspecified atom stereocenters. The topological polar surface area (TPSA) is 30.9 Å². The van der Waals surface area contributed by atoms with E-state index >= 15 is 0 Å². The number of thiophene rings is 1. The van der Waals surface area contributed by atoms with E-state index in [-0.39, 0.29) is 6.10 Å². The molecule has 1 aromatic heterocycles. The number of likely N-dealkylation sites (N-methyl/N-ethyl adjacent to an activating group) is 1. The van der Waals surface area contributed by atoms with Crippen molar-refractivity contribution >= 4 is 11.3 Å². The summed E-state index contributed by atoms with van der Waals surface area (Å²) >= 11 is 1.70. The molecule has 1 atom stereocenters. The molecule has 0 saturated heterocycles. The van der Waals surface area contributed by atoms with Gasteiger partial charge in [0.1, 0.15) is 18.0 Å². The molecule has 0 aliphatic rings. The number of nitrogens with zero attached hydrogens (tertiary/aromatic N) is 1. The lowest BCUT2D eigenvalue weighted by atomic mass is 10.1. The maximum Gasteiger partial charge on any atom is 0.123 e. The Morgan fingerprint density at radius 3 is 2.77 bits per heavy atom. The average Bonchev–Trinajstić information content (AvgIpc) is 3.31. The average molecular weight is 442 g/mol. The Labute approximate surface area is 191 Å². The molecule has 0 radical (unpaired) electrons. The van der Waals surface area contributed by atoms with Crippen LogP contribution in [0.4, 0.5) is 0 Å². The first-order valence-electron chi connectivity index (χ1n) is 10.8. The minimum atomic E-state index is -0.411. The van der Waals surface area contributed by atoms with Crippen LogP contribution in [0.5, 0.6) is 5.75 Å². The highest BCUT2D eigenvalue weighted by molar-refractivity contribution is 7.08. The van der Waals surface area contributed by atoms with Gasteiger partial charge >= 0.3 is 0 Å². The Balaban J connectivity index is 1.68. The SMILES string of the molecule is CCN(C/C=C/C#CC(C)(C)OC)CCOC(C)COc1cccc(-c2ccsc2)c1. The van der Waals surface area contributed by atoms with Crippen LogP contribution in [0.25, 0.3) is 11.1 Å². The van der Waals surface area contributed by atoms with Crippen molar-refractivity contribution in [2.24, 2.45) is 0 Å². The molecule has 2 aromatic rings. The summed E-state index contributed by atoms with van der Waals surface area (Å²) in [6.07, 6.45) is 4.00. The van der Waals surface area contributed by atoms with E-state index in [1.165, 1.54) is 11.1 Å². The zero-order chi connectivity index (χ0) is 22.5. The molecular formula is C26H35NO3S. The van der Waals surface area contributed by atoms with E-state index < -0.39 is 5.60 Å². The molecule has 2 rings (SSSR count). The number of methoxy groups -OCH3 is 1. The van der Waals surface area contributed by atoms with Gasteiger partial charge in [0.2, 0.25) is 0 Å². The first kappa shape index (κ1) is 25.2. The van der Waals surface area contributed by atoms with Crippen LogP contribution < -0.4 is 4.74 Å². The normalized spacial score (nSPS) is 12.7. The van der Waals surface area contributed by atoms with Crippen LogP contribution in [0, 0.1) is 11.8 Å². The molecule has 0 spiro atoms. The van der Waals surface area contributed by atoms with Gasteiger partial charge < -0.3 is 14.2 Å². The summed E-state index contributed by atoms with van der Waals surface area (Å²) in [5, 5.41) is 4.23. The van der Waals surface area contributed by atoms with E-state index in [1.807, 2.05) is 39.0 Å². The number of ether oxygens (including phenoxy) is 3. The van der Waals surface area contributed by atoms with Crippen LogP contribution in [0.15, 0.2) is 53.2 Å². The molecule has 0 N–H and O–H groups in total. The molecule has 0 aliphatic carbocycles. The minimum Gasteiger partial charge on any atom is -0.491 e. The van der Waals surface area contributed by atoms with Gasteiger partial charge in [0.05, 0.1) is 12.7 Å². The van der Waals surface area contributed by atoms with Gasteiger partial charge in [0, 0.05) is 20.2 Å². The first-order valence-corrected chi connectivity index (χ1v) is 11.7. The molecule has 168 valence electrons. The zero-order valence-electron chi connectivity index (χ0n) is 19.4. The van der Waals surface area contributed by atoms with Crippen molar-refractivity contribution in [3.63, 3.8) is 0 Å². The summed E-state index contributed by atoms with van der Waals surface area (Å²) < 4.78 is 17.2. The number of hydrogen-bond acceptors (Lipinski definition) is 5. The van der Waals surface area contributed by atoms with Gasteiger partial charge in [-0.2, -0.15) is 11.3 Å². The van der Waals surface area contributed by atoms with Crippen molar-refractivity contribution in [3.8, 4) is 28.7 Å². The number of hydrogen-bond donors (Lipinski definition) is 0. The molecule has 0 aliphatic heterocycles. The van der Waals surface area contributed by atoms with E-state index in [1.54, 1.807) is 18.4 Å². The van der Waals surface area contributed by atoms with Crippen LogP contribution in [-0.4, -0.2) is 56.6 Å². The van der Waals surface area contributed by atoms with E-state index in [2.05, 4.69) is 58.7 Å². The monoisotopic (exact) mass is 441 g/mol. The van der Waals surface area contributed by atoms with Crippen molar-refractivity contribution in [1.29, 1.82) is 0 Å². The van der Waals surface area contributed by atoms with Crippen molar-refractivity contribution in [2.75, 3.05) is 40.0 Å². The second-order valence-electron chi connectivity index (χ2n) is 7.81. The van der Waals surface area contributed by atoms with E-state index in [4.69, 9.17) is 14.2 Å². The lowest BCUT2D eigenvalue weighted by Crippen LogP contribution is -2.30. The Morgan fingerprint density at radius 1 is 1.23 bits per heavy atom. The fourth-order valence-corrected chi connectivity index (χ4v) is 3.41. The highest BCUT2D eigenvalue weighted by atomic mass is 32.1. The molecule has 0 saturated carbocycles. The van der Waals surface area contributed by atoms with Crippen LogP contribution in [0.2, 0.25) is 0 Å². The van der Waals surface area contributed by atoms with E-state index in [0.29, 0.717) is 13.2 Å². The van der Waals surface area contributed by atoms with Crippen LogP contribution in [-0.2, 0) is 9.47 Å². The van der Waals surface area contributed by atoms with Crippen LogP contribution >= 0.6 is 11.3 Å². The quantitative estimate of drug-likeness (QED) is 0.407. The Hall–Kier alpha value is -2.10. The summed E-state index contributed by atoms with van der Waals surface area (Å²) in [4.78, 5) is 2.32. The predicted molar refractivity (Wildman–Crippen MR) is 131 cm³/mol. The number of rotatable bonds is 12. The fraction of sp³-hybridized carbons (Fsp3) is 0.462. The van der Waals surface area contributed by atoms with Crippen LogP contribution in [0.3, 0.4) is 0 Å². The van der Waals surface area contributed by atoms with Crippen molar-refractivity contribution < 1.29 is 14.2 Å². The summed E-state index contributed by atoms with van der Waals surface area (Å²) in [5.74, 6) is 7.00. The standard InChI is InChI=1S/C26H35NO3S/c1-6-27(15-9-7-8-14-26(3,4)28-5)16-17-29-22(2)20-30-25-12-10-11-23(19-25)24-13-18-31-21-24/h7,9-13,18-19,21-22H,6,15-17,20H2,1-5H3/b9-7+. The minimum absolute atomic E-state index is 0.0289. The summed E-state index contributed by atoms with van der Waals surface area (Å²) in [7, 11) is 1.67. The van der Waals surface area contributed by atoms with Crippen molar-refractivity contribution in [3.05, 3.63) is 53.2 Å². The lowest BCUT2D eigenvalue weighted by molar-refractivity contribution is 0.0222. The maximum absolute atomic E-state index is 5.95. The molecule has 31 heavy (non-hydrogen) atoms.